The van der Waals surface area contributed by atoms with Crippen molar-refractivity contribution in [1.82, 2.24) is 10.5 Å². The van der Waals surface area contributed by atoms with Crippen LogP contribution in [-0.4, -0.2) is 23.4 Å². The highest BCUT2D eigenvalue weighted by Crippen LogP contribution is 2.31. The largest absolute Gasteiger partial charge is 0.445 e. The SMILES string of the molecule is CCONC(=O)C[C@@H](CCCC1CCCCC1)c1nc(C(N)=O)c(C)o1. The van der Waals surface area contributed by atoms with Crippen molar-refractivity contribution in [3.05, 3.63) is 17.3 Å². The van der Waals surface area contributed by atoms with E-state index >= 15 is 0 Å². The molecule has 0 aromatic carbocycles. The van der Waals surface area contributed by atoms with Crippen LogP contribution in [-0.2, 0) is 9.63 Å². The highest BCUT2D eigenvalue weighted by Gasteiger charge is 2.25. The van der Waals surface area contributed by atoms with Crippen LogP contribution >= 0.6 is 0 Å². The molecule has 146 valence electrons. The molecule has 1 aliphatic carbocycles. The lowest BCUT2D eigenvalue weighted by Crippen LogP contribution is -2.25. The van der Waals surface area contributed by atoms with Crippen LogP contribution in [0.15, 0.2) is 4.42 Å². The number of nitrogens with zero attached hydrogens (tertiary/aromatic N) is 1. The molecule has 0 bridgehead atoms. The Morgan fingerprint density at radius 2 is 2.08 bits per heavy atom. The lowest BCUT2D eigenvalue weighted by molar-refractivity contribution is -0.133. The van der Waals surface area contributed by atoms with Gasteiger partial charge in [-0.2, -0.15) is 0 Å². The molecule has 0 saturated heterocycles. The maximum atomic E-state index is 12.1. The van der Waals surface area contributed by atoms with Gasteiger partial charge in [-0.3, -0.25) is 14.4 Å². The van der Waals surface area contributed by atoms with E-state index in [1.54, 1.807) is 13.8 Å². The molecule has 26 heavy (non-hydrogen) atoms. The van der Waals surface area contributed by atoms with E-state index in [4.69, 9.17) is 15.0 Å². The fourth-order valence-corrected chi connectivity index (χ4v) is 3.68. The van der Waals surface area contributed by atoms with Gasteiger partial charge in [-0.05, 0) is 26.2 Å². The quantitative estimate of drug-likeness (QED) is 0.618. The maximum absolute atomic E-state index is 12.1. The zero-order valence-electron chi connectivity index (χ0n) is 15.9. The van der Waals surface area contributed by atoms with E-state index in [0.29, 0.717) is 18.3 Å². The van der Waals surface area contributed by atoms with Crippen LogP contribution in [0.1, 0.15) is 92.8 Å². The predicted molar refractivity (Wildman–Crippen MR) is 97.3 cm³/mol. The average molecular weight is 365 g/mol. The van der Waals surface area contributed by atoms with Gasteiger partial charge in [0, 0.05) is 12.3 Å². The zero-order valence-corrected chi connectivity index (χ0v) is 15.9. The van der Waals surface area contributed by atoms with Gasteiger partial charge in [-0.1, -0.05) is 44.9 Å². The lowest BCUT2D eigenvalue weighted by atomic mass is 9.84. The number of nitrogens with one attached hydrogen (secondary N) is 1. The third-order valence-electron chi connectivity index (χ3n) is 5.05. The van der Waals surface area contributed by atoms with E-state index < -0.39 is 5.91 Å². The van der Waals surface area contributed by atoms with Crippen LogP contribution in [0.5, 0.6) is 0 Å². The molecule has 0 aliphatic heterocycles. The average Bonchev–Trinajstić information content (AvgIpc) is 3.02. The second-order valence-corrected chi connectivity index (χ2v) is 7.12. The monoisotopic (exact) mass is 365 g/mol. The van der Waals surface area contributed by atoms with Gasteiger partial charge in [0.25, 0.3) is 5.91 Å². The number of aryl methyl sites for hydroxylation is 1. The van der Waals surface area contributed by atoms with Crippen molar-refractivity contribution in [2.24, 2.45) is 11.7 Å². The third kappa shape index (κ3) is 6.12. The molecule has 2 amide bonds. The van der Waals surface area contributed by atoms with Crippen molar-refractivity contribution in [2.75, 3.05) is 6.61 Å². The number of rotatable bonds is 10. The molecule has 7 heteroatoms. The molecule has 1 fully saturated rings. The lowest BCUT2D eigenvalue weighted by Gasteiger charge is -2.22. The first-order valence-corrected chi connectivity index (χ1v) is 9.69. The Hall–Kier alpha value is -1.89. The Labute approximate surface area is 155 Å². The molecule has 1 aromatic rings. The van der Waals surface area contributed by atoms with Crippen LogP contribution in [0.3, 0.4) is 0 Å². The van der Waals surface area contributed by atoms with Gasteiger partial charge in [-0.25, -0.2) is 10.5 Å². The second kappa shape index (κ2) is 10.3. The second-order valence-electron chi connectivity index (χ2n) is 7.12. The van der Waals surface area contributed by atoms with Gasteiger partial charge in [0.2, 0.25) is 5.91 Å². The van der Waals surface area contributed by atoms with Crippen molar-refractivity contribution < 1.29 is 18.8 Å². The number of nitrogens with two attached hydrogens (primary N) is 1. The molecular weight excluding hydrogens is 334 g/mol. The number of hydroxylamine groups is 1. The first kappa shape index (κ1) is 20.4. The van der Waals surface area contributed by atoms with E-state index in [2.05, 4.69) is 10.5 Å². The van der Waals surface area contributed by atoms with Crippen molar-refractivity contribution in [3.8, 4) is 0 Å². The van der Waals surface area contributed by atoms with Crippen molar-refractivity contribution in [2.45, 2.75) is 77.6 Å². The molecule has 7 nitrogen and oxygen atoms in total. The summed E-state index contributed by atoms with van der Waals surface area (Å²) in [7, 11) is 0. The first-order valence-electron chi connectivity index (χ1n) is 9.69. The fourth-order valence-electron chi connectivity index (χ4n) is 3.68. The van der Waals surface area contributed by atoms with E-state index in [1.165, 1.54) is 32.1 Å². The van der Waals surface area contributed by atoms with Crippen LogP contribution in [0.4, 0.5) is 0 Å². The minimum absolute atomic E-state index is 0.141. The Kier molecular flexibility index (Phi) is 8.09. The predicted octanol–water partition coefficient (Wildman–Crippen LogP) is 3.37. The minimum atomic E-state index is -0.614. The number of aromatic nitrogens is 1. The topological polar surface area (TPSA) is 107 Å². The molecule has 1 aromatic heterocycles. The normalized spacial score (nSPS) is 16.4. The summed E-state index contributed by atoms with van der Waals surface area (Å²) in [6.45, 7) is 3.87. The molecule has 1 aliphatic rings. The molecule has 0 unspecified atom stereocenters. The maximum Gasteiger partial charge on any atom is 0.270 e. The van der Waals surface area contributed by atoms with E-state index in [9.17, 15) is 9.59 Å². The Morgan fingerprint density at radius 3 is 2.69 bits per heavy atom. The number of carbonyl (C=O) groups excluding carboxylic acids is 2. The first-order chi connectivity index (χ1) is 12.5. The van der Waals surface area contributed by atoms with Crippen molar-refractivity contribution in [3.63, 3.8) is 0 Å². The van der Waals surface area contributed by atoms with Crippen molar-refractivity contribution in [1.29, 1.82) is 0 Å². The van der Waals surface area contributed by atoms with Gasteiger partial charge >= 0.3 is 0 Å². The summed E-state index contributed by atoms with van der Waals surface area (Å²) in [5.74, 6) is 0.574. The summed E-state index contributed by atoms with van der Waals surface area (Å²) in [6, 6.07) is 0. The molecule has 3 N–H and O–H groups in total. The summed E-state index contributed by atoms with van der Waals surface area (Å²) >= 11 is 0. The van der Waals surface area contributed by atoms with Crippen LogP contribution in [0, 0.1) is 12.8 Å². The standard InChI is InChI=1S/C19H31N3O4/c1-3-25-22-16(23)12-15(11-7-10-14-8-5-4-6-9-14)19-21-17(18(20)24)13(2)26-19/h14-15H,3-12H2,1-2H3,(H2,20,24)(H,22,23)/t15-/m1/s1. The van der Waals surface area contributed by atoms with Crippen LogP contribution < -0.4 is 11.2 Å². The third-order valence-corrected chi connectivity index (χ3v) is 5.05. The van der Waals surface area contributed by atoms with Gasteiger partial charge in [0.1, 0.15) is 5.76 Å². The summed E-state index contributed by atoms with van der Waals surface area (Å²) < 4.78 is 5.65. The van der Waals surface area contributed by atoms with Gasteiger partial charge in [-0.15, -0.1) is 0 Å². The minimum Gasteiger partial charge on any atom is -0.445 e. The summed E-state index contributed by atoms with van der Waals surface area (Å²) in [5.41, 5.74) is 7.89. The van der Waals surface area contributed by atoms with E-state index in [0.717, 1.165) is 25.2 Å². The van der Waals surface area contributed by atoms with Gasteiger partial charge in [0.05, 0.1) is 6.61 Å². The van der Waals surface area contributed by atoms with Crippen LogP contribution in [0.25, 0.3) is 0 Å². The molecule has 1 saturated carbocycles. The number of amides is 2. The van der Waals surface area contributed by atoms with Gasteiger partial charge < -0.3 is 10.2 Å². The Morgan fingerprint density at radius 1 is 1.35 bits per heavy atom. The number of hydrogen-bond acceptors (Lipinski definition) is 5. The molecule has 0 spiro atoms. The summed E-state index contributed by atoms with van der Waals surface area (Å²) in [6.07, 6.45) is 9.77. The van der Waals surface area contributed by atoms with E-state index in [1.807, 2.05) is 0 Å². The number of primary amides is 1. The van der Waals surface area contributed by atoms with E-state index in [-0.39, 0.29) is 23.9 Å². The smallest absolute Gasteiger partial charge is 0.270 e. The number of hydrogen-bond donors (Lipinski definition) is 2. The van der Waals surface area contributed by atoms with Crippen molar-refractivity contribution >= 4 is 11.8 Å². The fraction of sp³-hybridized carbons (Fsp3) is 0.737. The Bertz CT molecular complexity index is 594. The highest BCUT2D eigenvalue weighted by molar-refractivity contribution is 5.91. The summed E-state index contributed by atoms with van der Waals surface area (Å²) in [5, 5.41) is 0. The molecule has 2 rings (SSSR count). The number of oxazole rings is 1. The van der Waals surface area contributed by atoms with Crippen LogP contribution in [0.2, 0.25) is 0 Å². The highest BCUT2D eigenvalue weighted by atomic mass is 16.6. The molecule has 1 atom stereocenters. The number of carbonyl (C=O) groups is 2. The van der Waals surface area contributed by atoms with Gasteiger partial charge in [0.15, 0.2) is 11.6 Å². The molecular formula is C19H31N3O4. The zero-order chi connectivity index (χ0) is 18.9. The Balaban J connectivity index is 1.99. The molecule has 1 heterocycles. The summed E-state index contributed by atoms with van der Waals surface area (Å²) in [4.78, 5) is 32.7. The molecule has 0 radical (unpaired) electrons.